The lowest BCUT2D eigenvalue weighted by atomic mass is 9.44. The molecule has 1 aromatic rings. The second-order valence-electron chi connectivity index (χ2n) is 12.5. The molecule has 0 amide bonds. The van der Waals surface area contributed by atoms with E-state index < -0.39 is 0 Å². The first-order valence-electron chi connectivity index (χ1n) is 13.1. The van der Waals surface area contributed by atoms with Gasteiger partial charge in [-0.3, -0.25) is 0 Å². The topological polar surface area (TPSA) is 0 Å². The highest BCUT2D eigenvalue weighted by Crippen LogP contribution is 2.65. The van der Waals surface area contributed by atoms with Crippen molar-refractivity contribution in [2.45, 2.75) is 52.9 Å². The minimum atomic E-state index is 0.0958. The van der Waals surface area contributed by atoms with Crippen molar-refractivity contribution in [1.82, 2.24) is 0 Å². The van der Waals surface area contributed by atoms with Gasteiger partial charge < -0.3 is 0 Å². The SMILES string of the molecule is CC(C)(C1=c2ccccc2=C2C=CC=CC21)C1C=CC(C2(C)C3CC4CC(C3)CC2C4)=C1. The van der Waals surface area contributed by atoms with Gasteiger partial charge in [-0.25, -0.2) is 0 Å². The van der Waals surface area contributed by atoms with Crippen LogP contribution in [0.3, 0.4) is 0 Å². The Hall–Kier alpha value is -2.08. The fraction of sp³-hybridized carbons (Fsp3) is 0.500. The van der Waals surface area contributed by atoms with Gasteiger partial charge in [0.2, 0.25) is 0 Å². The van der Waals surface area contributed by atoms with Crippen molar-refractivity contribution in [2.75, 3.05) is 0 Å². The minimum absolute atomic E-state index is 0.0958. The molecular formula is C32H36. The van der Waals surface area contributed by atoms with Crippen LogP contribution >= 0.6 is 0 Å². The van der Waals surface area contributed by atoms with Crippen molar-refractivity contribution < 1.29 is 0 Å². The predicted octanol–water partition coefficient (Wildman–Crippen LogP) is 6.34. The van der Waals surface area contributed by atoms with E-state index in [4.69, 9.17) is 0 Å². The molecule has 7 aliphatic rings. The number of hydrogen-bond donors (Lipinski definition) is 0. The molecule has 0 aliphatic heterocycles. The van der Waals surface area contributed by atoms with Crippen LogP contribution < -0.4 is 10.4 Å². The van der Waals surface area contributed by atoms with Crippen molar-refractivity contribution in [1.29, 1.82) is 0 Å². The van der Waals surface area contributed by atoms with Crippen LogP contribution in [-0.4, -0.2) is 0 Å². The standard InChI is InChI=1S/C32H36/c1-31(2,30-28-10-6-4-8-26(28)27-9-5-7-11-29(27)30)22-12-13-23(19-22)32(3)24-15-20-14-21(17-24)18-25(32)16-20/h4-13,19-22,24-25,28H,14-18H2,1-3H3. The molecule has 0 heterocycles. The van der Waals surface area contributed by atoms with Crippen molar-refractivity contribution in [3.05, 3.63) is 82.8 Å². The van der Waals surface area contributed by atoms with Gasteiger partial charge in [0.05, 0.1) is 0 Å². The summed E-state index contributed by atoms with van der Waals surface area (Å²) in [5, 5.41) is 2.92. The first-order chi connectivity index (χ1) is 15.5. The quantitative estimate of drug-likeness (QED) is 0.535. The molecule has 8 rings (SSSR count). The molecule has 164 valence electrons. The third kappa shape index (κ3) is 2.45. The Morgan fingerprint density at radius 3 is 2.22 bits per heavy atom. The highest BCUT2D eigenvalue weighted by molar-refractivity contribution is 5.82. The lowest BCUT2D eigenvalue weighted by Crippen LogP contribution is -2.52. The molecule has 2 unspecified atom stereocenters. The van der Waals surface area contributed by atoms with Crippen LogP contribution in [-0.2, 0) is 0 Å². The van der Waals surface area contributed by atoms with E-state index >= 15 is 0 Å². The molecule has 7 aliphatic carbocycles. The molecule has 0 N–H and O–H groups in total. The summed E-state index contributed by atoms with van der Waals surface area (Å²) in [7, 11) is 0. The molecule has 4 saturated carbocycles. The Morgan fingerprint density at radius 2 is 1.50 bits per heavy atom. The maximum Gasteiger partial charge on any atom is 0.0252 e. The van der Waals surface area contributed by atoms with Gasteiger partial charge >= 0.3 is 0 Å². The molecule has 0 nitrogen and oxygen atoms in total. The van der Waals surface area contributed by atoms with Gasteiger partial charge in [0.15, 0.2) is 0 Å². The van der Waals surface area contributed by atoms with Crippen LogP contribution in [0.4, 0.5) is 0 Å². The van der Waals surface area contributed by atoms with Crippen LogP contribution in [0, 0.1) is 46.3 Å². The maximum absolute atomic E-state index is 2.71. The molecular weight excluding hydrogens is 384 g/mol. The molecule has 4 fully saturated rings. The van der Waals surface area contributed by atoms with Gasteiger partial charge in [0.1, 0.15) is 0 Å². The van der Waals surface area contributed by atoms with Crippen molar-refractivity contribution in [2.24, 2.45) is 46.3 Å². The average molecular weight is 421 g/mol. The van der Waals surface area contributed by atoms with Crippen LogP contribution in [0.2, 0.25) is 0 Å². The molecule has 32 heavy (non-hydrogen) atoms. The van der Waals surface area contributed by atoms with Gasteiger partial charge in [-0.15, -0.1) is 0 Å². The monoisotopic (exact) mass is 420 g/mol. The third-order valence-corrected chi connectivity index (χ3v) is 10.7. The smallest absolute Gasteiger partial charge is 0.0252 e. The van der Waals surface area contributed by atoms with Crippen LogP contribution in [0.25, 0.3) is 11.1 Å². The van der Waals surface area contributed by atoms with Crippen molar-refractivity contribution in [3.8, 4) is 0 Å². The van der Waals surface area contributed by atoms with Gasteiger partial charge in [0.25, 0.3) is 0 Å². The molecule has 0 heteroatoms. The molecule has 0 saturated heterocycles. The zero-order chi connectivity index (χ0) is 21.7. The first kappa shape index (κ1) is 19.4. The number of hydrogen-bond acceptors (Lipinski definition) is 0. The minimum Gasteiger partial charge on any atom is -0.0765 e. The van der Waals surface area contributed by atoms with Gasteiger partial charge in [-0.1, -0.05) is 87.6 Å². The average Bonchev–Trinajstić information content (AvgIpc) is 3.41. The number of benzene rings is 1. The number of fused-ring (bicyclic) bond motifs is 2. The fourth-order valence-corrected chi connectivity index (χ4v) is 9.07. The van der Waals surface area contributed by atoms with E-state index in [9.17, 15) is 0 Å². The second-order valence-corrected chi connectivity index (χ2v) is 12.5. The Kier molecular flexibility index (Phi) is 3.94. The largest absolute Gasteiger partial charge is 0.0765 e. The normalized spacial score (nSPS) is 40.8. The van der Waals surface area contributed by atoms with E-state index in [0.717, 1.165) is 23.7 Å². The lowest BCUT2D eigenvalue weighted by molar-refractivity contribution is -0.0754. The molecule has 4 bridgehead atoms. The summed E-state index contributed by atoms with van der Waals surface area (Å²) in [5.41, 5.74) is 5.30. The first-order valence-corrected chi connectivity index (χ1v) is 13.1. The summed E-state index contributed by atoms with van der Waals surface area (Å²) in [6, 6.07) is 9.11. The lowest BCUT2D eigenvalue weighted by Gasteiger charge is -2.60. The Morgan fingerprint density at radius 1 is 0.812 bits per heavy atom. The zero-order valence-corrected chi connectivity index (χ0v) is 19.9. The Bertz CT molecular complexity index is 1200. The summed E-state index contributed by atoms with van der Waals surface area (Å²) < 4.78 is 0. The van der Waals surface area contributed by atoms with Crippen molar-refractivity contribution >= 4 is 11.1 Å². The summed E-state index contributed by atoms with van der Waals surface area (Å²) in [6.07, 6.45) is 24.5. The third-order valence-electron chi connectivity index (χ3n) is 10.7. The van der Waals surface area contributed by atoms with Gasteiger partial charge in [-0.05, 0) is 93.8 Å². The van der Waals surface area contributed by atoms with E-state index in [1.54, 1.807) is 11.1 Å². The van der Waals surface area contributed by atoms with Crippen LogP contribution in [0.15, 0.2) is 72.4 Å². The number of allylic oxidation sites excluding steroid dienone is 8. The molecule has 0 spiro atoms. The molecule has 0 radical (unpaired) electrons. The summed E-state index contributed by atoms with van der Waals surface area (Å²) in [4.78, 5) is 0. The van der Waals surface area contributed by atoms with E-state index in [1.165, 1.54) is 48.1 Å². The Labute approximate surface area is 193 Å². The number of rotatable bonds is 3. The predicted molar refractivity (Wildman–Crippen MR) is 134 cm³/mol. The second kappa shape index (κ2) is 6.49. The summed E-state index contributed by atoms with van der Waals surface area (Å²) >= 11 is 0. The van der Waals surface area contributed by atoms with E-state index in [-0.39, 0.29) is 5.41 Å². The zero-order valence-electron chi connectivity index (χ0n) is 19.9. The van der Waals surface area contributed by atoms with Crippen molar-refractivity contribution in [3.63, 3.8) is 0 Å². The van der Waals surface area contributed by atoms with Gasteiger partial charge in [0, 0.05) is 11.8 Å². The van der Waals surface area contributed by atoms with Crippen LogP contribution in [0.1, 0.15) is 52.9 Å². The summed E-state index contributed by atoms with van der Waals surface area (Å²) in [5.74, 6) is 4.82. The molecule has 0 aromatic heterocycles. The van der Waals surface area contributed by atoms with Gasteiger partial charge in [-0.2, -0.15) is 0 Å². The fourth-order valence-electron chi connectivity index (χ4n) is 9.07. The maximum atomic E-state index is 2.71. The summed E-state index contributed by atoms with van der Waals surface area (Å²) in [6.45, 7) is 7.65. The molecule has 2 atom stereocenters. The highest BCUT2D eigenvalue weighted by Gasteiger charge is 2.56. The Balaban J connectivity index is 1.30. The molecule has 1 aromatic carbocycles. The van der Waals surface area contributed by atoms with E-state index in [2.05, 4.69) is 87.6 Å². The van der Waals surface area contributed by atoms with E-state index in [0.29, 0.717) is 17.3 Å². The van der Waals surface area contributed by atoms with E-state index in [1.807, 2.05) is 0 Å². The highest BCUT2D eigenvalue weighted by atomic mass is 14.6. The van der Waals surface area contributed by atoms with Crippen LogP contribution in [0.5, 0.6) is 0 Å².